The van der Waals surface area contributed by atoms with E-state index in [1.165, 1.54) is 4.31 Å². The third-order valence-electron chi connectivity index (χ3n) is 2.81. The molecule has 6 heteroatoms. The molecule has 0 aromatic rings. The molecular weight excluding hydrogens is 216 g/mol. The molecule has 0 atom stereocenters. The molecule has 1 rings (SSSR count). The van der Waals surface area contributed by atoms with Gasteiger partial charge in [-0.3, -0.25) is 0 Å². The van der Waals surface area contributed by atoms with Crippen LogP contribution in [0.1, 0.15) is 26.7 Å². The molecule has 1 saturated carbocycles. The summed E-state index contributed by atoms with van der Waals surface area (Å²) in [5, 5.41) is 9.06. The Morgan fingerprint density at radius 1 is 1.33 bits per heavy atom. The number of aliphatic hydroxyl groups is 1. The zero-order chi connectivity index (χ0) is 11.5. The first-order chi connectivity index (χ1) is 6.99. The standard InChI is InChI=1S/C9H20N2O3S/c1-3-11(4-2)15(13,14)10-7-8-5-9(12)6-8/h8-10,12H,3-7H2,1-2H3. The van der Waals surface area contributed by atoms with Crippen LogP contribution in [0.5, 0.6) is 0 Å². The second kappa shape index (κ2) is 5.25. The molecule has 0 spiro atoms. The molecule has 0 radical (unpaired) electrons. The van der Waals surface area contributed by atoms with Crippen molar-refractivity contribution in [1.82, 2.24) is 9.03 Å². The van der Waals surface area contributed by atoms with E-state index in [4.69, 9.17) is 5.11 Å². The van der Waals surface area contributed by atoms with Gasteiger partial charge >= 0.3 is 0 Å². The largest absolute Gasteiger partial charge is 0.393 e. The third kappa shape index (κ3) is 3.41. The van der Waals surface area contributed by atoms with Crippen LogP contribution < -0.4 is 4.72 Å². The average molecular weight is 236 g/mol. The lowest BCUT2D eigenvalue weighted by molar-refractivity contribution is 0.0451. The summed E-state index contributed by atoms with van der Waals surface area (Å²) in [5.74, 6) is 0.297. The van der Waals surface area contributed by atoms with Crippen LogP contribution in [-0.4, -0.2) is 43.6 Å². The number of nitrogens with one attached hydrogen (secondary N) is 1. The summed E-state index contributed by atoms with van der Waals surface area (Å²) in [7, 11) is -3.31. The van der Waals surface area contributed by atoms with Gasteiger partial charge in [0.2, 0.25) is 0 Å². The highest BCUT2D eigenvalue weighted by Crippen LogP contribution is 2.26. The lowest BCUT2D eigenvalue weighted by Gasteiger charge is -2.32. The van der Waals surface area contributed by atoms with Gasteiger partial charge in [0.15, 0.2) is 0 Å². The minimum absolute atomic E-state index is 0.229. The Bertz CT molecular complexity index is 282. The van der Waals surface area contributed by atoms with Crippen molar-refractivity contribution in [2.45, 2.75) is 32.8 Å². The monoisotopic (exact) mass is 236 g/mol. The van der Waals surface area contributed by atoms with Crippen molar-refractivity contribution < 1.29 is 13.5 Å². The van der Waals surface area contributed by atoms with Gasteiger partial charge in [0, 0.05) is 19.6 Å². The second-order valence-corrected chi connectivity index (χ2v) is 5.68. The Hall–Kier alpha value is -0.170. The fraction of sp³-hybridized carbons (Fsp3) is 1.00. The van der Waals surface area contributed by atoms with Gasteiger partial charge in [0.05, 0.1) is 6.10 Å². The van der Waals surface area contributed by atoms with Gasteiger partial charge in [-0.2, -0.15) is 12.7 Å². The van der Waals surface area contributed by atoms with Gasteiger partial charge in [-0.15, -0.1) is 0 Å². The predicted molar refractivity (Wildman–Crippen MR) is 58.6 cm³/mol. The molecule has 90 valence electrons. The minimum Gasteiger partial charge on any atom is -0.393 e. The van der Waals surface area contributed by atoms with E-state index in [9.17, 15) is 8.42 Å². The van der Waals surface area contributed by atoms with Gasteiger partial charge in [0.25, 0.3) is 10.2 Å². The summed E-state index contributed by atoms with van der Waals surface area (Å²) in [6, 6.07) is 0. The van der Waals surface area contributed by atoms with Crippen molar-refractivity contribution in [1.29, 1.82) is 0 Å². The van der Waals surface area contributed by atoms with Crippen LogP contribution in [0.2, 0.25) is 0 Å². The van der Waals surface area contributed by atoms with Crippen molar-refractivity contribution in [2.75, 3.05) is 19.6 Å². The second-order valence-electron chi connectivity index (χ2n) is 3.93. The molecule has 0 saturated heterocycles. The van der Waals surface area contributed by atoms with E-state index in [0.717, 1.165) is 0 Å². The Morgan fingerprint density at radius 3 is 2.27 bits per heavy atom. The number of aliphatic hydroxyl groups excluding tert-OH is 1. The molecule has 0 heterocycles. The van der Waals surface area contributed by atoms with E-state index >= 15 is 0 Å². The first-order valence-electron chi connectivity index (χ1n) is 5.42. The summed E-state index contributed by atoms with van der Waals surface area (Å²) in [4.78, 5) is 0. The van der Waals surface area contributed by atoms with Crippen molar-refractivity contribution in [3.8, 4) is 0 Å². The van der Waals surface area contributed by atoms with Crippen LogP contribution in [0.3, 0.4) is 0 Å². The maximum absolute atomic E-state index is 11.7. The molecule has 0 aliphatic heterocycles. The molecule has 0 amide bonds. The Kier molecular flexibility index (Phi) is 4.51. The Morgan fingerprint density at radius 2 is 1.87 bits per heavy atom. The summed E-state index contributed by atoms with van der Waals surface area (Å²) in [6.45, 7) is 5.04. The van der Waals surface area contributed by atoms with Crippen molar-refractivity contribution in [2.24, 2.45) is 5.92 Å². The molecule has 1 aliphatic carbocycles. The lowest BCUT2D eigenvalue weighted by atomic mass is 9.83. The summed E-state index contributed by atoms with van der Waals surface area (Å²) < 4.78 is 27.3. The molecule has 1 fully saturated rings. The first-order valence-corrected chi connectivity index (χ1v) is 6.86. The highest BCUT2D eigenvalue weighted by molar-refractivity contribution is 7.87. The molecule has 0 bridgehead atoms. The number of hydrogen-bond acceptors (Lipinski definition) is 3. The fourth-order valence-electron chi connectivity index (χ4n) is 1.75. The van der Waals surface area contributed by atoms with E-state index in [-0.39, 0.29) is 6.10 Å². The topological polar surface area (TPSA) is 69.6 Å². The zero-order valence-corrected chi connectivity index (χ0v) is 10.1. The van der Waals surface area contributed by atoms with Gasteiger partial charge in [-0.25, -0.2) is 4.72 Å². The molecule has 1 aliphatic rings. The molecular formula is C9H20N2O3S. The van der Waals surface area contributed by atoms with E-state index in [1.54, 1.807) is 0 Å². The van der Waals surface area contributed by atoms with Crippen LogP contribution in [-0.2, 0) is 10.2 Å². The van der Waals surface area contributed by atoms with Crippen molar-refractivity contribution in [3.63, 3.8) is 0 Å². The van der Waals surface area contributed by atoms with Crippen LogP contribution >= 0.6 is 0 Å². The Balaban J connectivity index is 2.36. The van der Waals surface area contributed by atoms with Crippen molar-refractivity contribution in [3.05, 3.63) is 0 Å². The van der Waals surface area contributed by atoms with Crippen molar-refractivity contribution >= 4 is 10.2 Å². The maximum atomic E-state index is 11.7. The van der Waals surface area contributed by atoms with Gasteiger partial charge in [-0.05, 0) is 18.8 Å². The molecule has 0 aromatic carbocycles. The quantitative estimate of drug-likeness (QED) is 0.678. The number of rotatable bonds is 6. The van der Waals surface area contributed by atoms with Crippen LogP contribution in [0.25, 0.3) is 0 Å². The van der Waals surface area contributed by atoms with E-state index in [0.29, 0.717) is 38.4 Å². The van der Waals surface area contributed by atoms with Crippen LogP contribution in [0, 0.1) is 5.92 Å². The summed E-state index contributed by atoms with van der Waals surface area (Å²) in [6.07, 6.45) is 1.19. The minimum atomic E-state index is -3.31. The summed E-state index contributed by atoms with van der Waals surface area (Å²) in [5.41, 5.74) is 0. The van der Waals surface area contributed by atoms with Gasteiger partial charge in [-0.1, -0.05) is 13.8 Å². The van der Waals surface area contributed by atoms with Crippen LogP contribution in [0.4, 0.5) is 0 Å². The smallest absolute Gasteiger partial charge is 0.279 e. The van der Waals surface area contributed by atoms with E-state index in [2.05, 4.69) is 4.72 Å². The zero-order valence-electron chi connectivity index (χ0n) is 9.31. The SMILES string of the molecule is CCN(CC)S(=O)(=O)NCC1CC(O)C1. The number of nitrogens with zero attached hydrogens (tertiary/aromatic N) is 1. The fourth-order valence-corrected chi connectivity index (χ4v) is 3.05. The predicted octanol–water partition coefficient (Wildman–Crippen LogP) is -0.0665. The molecule has 0 aromatic heterocycles. The molecule has 2 N–H and O–H groups in total. The molecule has 0 unspecified atom stereocenters. The Labute approximate surface area is 91.7 Å². The van der Waals surface area contributed by atoms with E-state index in [1.807, 2.05) is 13.8 Å². The molecule has 5 nitrogen and oxygen atoms in total. The molecule has 15 heavy (non-hydrogen) atoms. The third-order valence-corrected chi connectivity index (χ3v) is 4.54. The summed E-state index contributed by atoms with van der Waals surface area (Å²) >= 11 is 0. The normalized spacial score (nSPS) is 26.7. The van der Waals surface area contributed by atoms with Gasteiger partial charge in [0.1, 0.15) is 0 Å². The van der Waals surface area contributed by atoms with Gasteiger partial charge < -0.3 is 5.11 Å². The lowest BCUT2D eigenvalue weighted by Crippen LogP contribution is -2.45. The highest BCUT2D eigenvalue weighted by atomic mass is 32.2. The average Bonchev–Trinajstić information content (AvgIpc) is 2.12. The number of hydrogen-bond donors (Lipinski definition) is 2. The van der Waals surface area contributed by atoms with Crippen LogP contribution in [0.15, 0.2) is 0 Å². The van der Waals surface area contributed by atoms with E-state index < -0.39 is 10.2 Å². The maximum Gasteiger partial charge on any atom is 0.279 e. The highest BCUT2D eigenvalue weighted by Gasteiger charge is 2.29. The first kappa shape index (κ1) is 12.9.